The molecule has 0 bridgehead atoms. The number of carbonyl (C=O) groups is 1. The van der Waals surface area contributed by atoms with E-state index in [1.807, 2.05) is 56.3 Å². The molecule has 0 aliphatic carbocycles. The summed E-state index contributed by atoms with van der Waals surface area (Å²) in [5, 5.41) is 2.91. The lowest BCUT2D eigenvalue weighted by Crippen LogP contribution is -2.15. The molecule has 2 rings (SSSR count). The number of nitrogens with two attached hydrogens (primary N) is 1. The first-order valence-electron chi connectivity index (χ1n) is 6.67. The molecular weight excluding hydrogens is 264 g/mol. The maximum Gasteiger partial charge on any atom is 0.255 e. The fraction of sp³-hybridized carbons (Fsp3) is 0.188. The number of hydrogen-bond donors (Lipinski definition) is 3. The van der Waals surface area contributed by atoms with Gasteiger partial charge in [-0.2, -0.15) is 0 Å². The molecule has 0 atom stereocenters. The van der Waals surface area contributed by atoms with E-state index in [4.69, 9.17) is 5.84 Å². The Labute approximate surface area is 124 Å². The Morgan fingerprint density at radius 1 is 1.10 bits per heavy atom. The fourth-order valence-electron chi connectivity index (χ4n) is 2.07. The largest absolute Gasteiger partial charge is 0.378 e. The second-order valence-corrected chi connectivity index (χ2v) is 5.07. The highest BCUT2D eigenvalue weighted by Crippen LogP contribution is 2.20. The Kier molecular flexibility index (Phi) is 4.45. The van der Waals surface area contributed by atoms with Crippen LogP contribution in [0.2, 0.25) is 0 Å². The molecule has 5 nitrogen and oxygen atoms in total. The predicted octanol–water partition coefficient (Wildman–Crippen LogP) is 2.60. The molecule has 4 N–H and O–H groups in total. The van der Waals surface area contributed by atoms with Crippen LogP contribution in [0.4, 0.5) is 17.1 Å². The van der Waals surface area contributed by atoms with Crippen LogP contribution in [0.5, 0.6) is 0 Å². The van der Waals surface area contributed by atoms with Crippen molar-refractivity contribution < 1.29 is 4.79 Å². The van der Waals surface area contributed by atoms with Crippen molar-refractivity contribution >= 4 is 23.0 Å². The molecule has 0 aliphatic heterocycles. The Balaban J connectivity index is 2.20. The highest BCUT2D eigenvalue weighted by Gasteiger charge is 2.10. The molecule has 2 aromatic rings. The smallest absolute Gasteiger partial charge is 0.255 e. The van der Waals surface area contributed by atoms with E-state index in [0.717, 1.165) is 22.6 Å². The van der Waals surface area contributed by atoms with E-state index in [9.17, 15) is 4.79 Å². The van der Waals surface area contributed by atoms with Crippen LogP contribution in [-0.2, 0) is 0 Å². The zero-order valence-electron chi connectivity index (χ0n) is 12.5. The van der Waals surface area contributed by atoms with Crippen LogP contribution >= 0.6 is 0 Å². The van der Waals surface area contributed by atoms with Crippen LogP contribution in [0, 0.1) is 6.92 Å². The molecule has 0 fully saturated rings. The number of anilines is 3. The third kappa shape index (κ3) is 3.52. The first-order valence-corrected chi connectivity index (χ1v) is 6.67. The summed E-state index contributed by atoms with van der Waals surface area (Å²) in [7, 11) is 3.92. The third-order valence-corrected chi connectivity index (χ3v) is 3.26. The summed E-state index contributed by atoms with van der Waals surface area (Å²) < 4.78 is 0. The maximum absolute atomic E-state index is 12.3. The van der Waals surface area contributed by atoms with E-state index in [-0.39, 0.29) is 5.91 Å². The Morgan fingerprint density at radius 2 is 1.86 bits per heavy atom. The van der Waals surface area contributed by atoms with Crippen LogP contribution in [-0.4, -0.2) is 20.0 Å². The number of amides is 1. The lowest BCUT2D eigenvalue weighted by molar-refractivity contribution is 0.102. The number of nitrogens with one attached hydrogen (secondary N) is 2. The molecule has 1 amide bonds. The van der Waals surface area contributed by atoms with E-state index < -0.39 is 0 Å². The predicted molar refractivity (Wildman–Crippen MR) is 87.7 cm³/mol. The molecule has 5 heteroatoms. The molecule has 0 aromatic heterocycles. The summed E-state index contributed by atoms with van der Waals surface area (Å²) >= 11 is 0. The van der Waals surface area contributed by atoms with Crippen LogP contribution in [0.25, 0.3) is 0 Å². The van der Waals surface area contributed by atoms with Gasteiger partial charge in [0, 0.05) is 36.7 Å². The molecule has 110 valence electrons. The first kappa shape index (κ1) is 14.9. The van der Waals surface area contributed by atoms with Gasteiger partial charge < -0.3 is 15.6 Å². The minimum atomic E-state index is -0.132. The van der Waals surface area contributed by atoms with Crippen molar-refractivity contribution in [2.75, 3.05) is 29.7 Å². The molecule has 0 saturated heterocycles. The average molecular weight is 284 g/mol. The zero-order chi connectivity index (χ0) is 15.4. The van der Waals surface area contributed by atoms with Gasteiger partial charge >= 0.3 is 0 Å². The van der Waals surface area contributed by atoms with Crippen molar-refractivity contribution in [1.29, 1.82) is 0 Å². The SMILES string of the molecule is Cc1cc(NN)ccc1C(=O)Nc1cccc(N(C)C)c1. The lowest BCUT2D eigenvalue weighted by atomic mass is 10.1. The zero-order valence-corrected chi connectivity index (χ0v) is 12.5. The number of rotatable bonds is 4. The highest BCUT2D eigenvalue weighted by atomic mass is 16.1. The van der Waals surface area contributed by atoms with Gasteiger partial charge in [0.25, 0.3) is 5.91 Å². The van der Waals surface area contributed by atoms with E-state index in [1.54, 1.807) is 12.1 Å². The average Bonchev–Trinajstić information content (AvgIpc) is 2.47. The molecule has 0 saturated carbocycles. The quantitative estimate of drug-likeness (QED) is 0.596. The summed E-state index contributed by atoms with van der Waals surface area (Å²) in [6, 6.07) is 13.1. The molecule has 0 unspecified atom stereocenters. The molecule has 0 heterocycles. The molecule has 0 radical (unpaired) electrons. The highest BCUT2D eigenvalue weighted by molar-refractivity contribution is 6.05. The van der Waals surface area contributed by atoms with E-state index >= 15 is 0 Å². The number of aryl methyl sites for hydroxylation is 1. The maximum atomic E-state index is 12.3. The van der Waals surface area contributed by atoms with Gasteiger partial charge in [0.15, 0.2) is 0 Å². The molecule has 2 aromatic carbocycles. The Morgan fingerprint density at radius 3 is 2.48 bits per heavy atom. The van der Waals surface area contributed by atoms with Gasteiger partial charge in [-0.15, -0.1) is 0 Å². The van der Waals surface area contributed by atoms with Gasteiger partial charge in [0.1, 0.15) is 0 Å². The van der Waals surface area contributed by atoms with Crippen molar-refractivity contribution in [2.24, 2.45) is 5.84 Å². The third-order valence-electron chi connectivity index (χ3n) is 3.26. The molecule has 21 heavy (non-hydrogen) atoms. The van der Waals surface area contributed by atoms with Crippen LogP contribution in [0.15, 0.2) is 42.5 Å². The normalized spacial score (nSPS) is 10.1. The second kappa shape index (κ2) is 6.28. The molecule has 0 spiro atoms. The second-order valence-electron chi connectivity index (χ2n) is 5.07. The first-order chi connectivity index (χ1) is 10.0. The number of hydrazine groups is 1. The standard InChI is InChI=1S/C16H20N4O/c1-11-9-13(19-17)7-8-15(11)16(21)18-12-5-4-6-14(10-12)20(2)3/h4-10,19H,17H2,1-3H3,(H,18,21). The van der Waals surface area contributed by atoms with Crippen molar-refractivity contribution in [3.63, 3.8) is 0 Å². The van der Waals surface area contributed by atoms with Crippen molar-refractivity contribution in [3.8, 4) is 0 Å². The van der Waals surface area contributed by atoms with Gasteiger partial charge in [-0.05, 0) is 48.9 Å². The summed E-state index contributed by atoms with van der Waals surface area (Å²) in [5.74, 6) is 5.23. The van der Waals surface area contributed by atoms with Crippen molar-refractivity contribution in [1.82, 2.24) is 0 Å². The number of benzene rings is 2. The van der Waals surface area contributed by atoms with Crippen LogP contribution < -0.4 is 21.5 Å². The van der Waals surface area contributed by atoms with Gasteiger partial charge in [-0.25, -0.2) is 0 Å². The monoisotopic (exact) mass is 284 g/mol. The van der Waals surface area contributed by atoms with Crippen LogP contribution in [0.3, 0.4) is 0 Å². The van der Waals surface area contributed by atoms with Crippen molar-refractivity contribution in [2.45, 2.75) is 6.92 Å². The summed E-state index contributed by atoms with van der Waals surface area (Å²) in [6.07, 6.45) is 0. The minimum absolute atomic E-state index is 0.132. The molecule has 0 aliphatic rings. The van der Waals surface area contributed by atoms with Crippen LogP contribution in [0.1, 0.15) is 15.9 Å². The lowest BCUT2D eigenvalue weighted by Gasteiger charge is -2.14. The minimum Gasteiger partial charge on any atom is -0.378 e. The van der Waals surface area contributed by atoms with E-state index in [1.165, 1.54) is 0 Å². The van der Waals surface area contributed by atoms with Crippen molar-refractivity contribution in [3.05, 3.63) is 53.6 Å². The van der Waals surface area contributed by atoms with Gasteiger partial charge in [0.2, 0.25) is 0 Å². The Bertz CT molecular complexity index is 652. The van der Waals surface area contributed by atoms with E-state index in [0.29, 0.717) is 5.56 Å². The fourth-order valence-corrected chi connectivity index (χ4v) is 2.07. The number of carbonyl (C=O) groups excluding carboxylic acids is 1. The van der Waals surface area contributed by atoms with Gasteiger partial charge in [-0.1, -0.05) is 6.07 Å². The Hall–Kier alpha value is -2.53. The number of nitrogen functional groups attached to an aromatic ring is 1. The van der Waals surface area contributed by atoms with Gasteiger partial charge in [0.05, 0.1) is 0 Å². The summed E-state index contributed by atoms with van der Waals surface area (Å²) in [6.45, 7) is 1.88. The summed E-state index contributed by atoms with van der Waals surface area (Å²) in [4.78, 5) is 14.3. The van der Waals surface area contributed by atoms with E-state index in [2.05, 4.69) is 10.7 Å². The summed E-state index contributed by atoms with van der Waals surface area (Å²) in [5.41, 5.74) is 6.64. The number of hydrogen-bond acceptors (Lipinski definition) is 4. The topological polar surface area (TPSA) is 70.4 Å². The molecular formula is C16H20N4O. The number of nitrogens with zero attached hydrogens (tertiary/aromatic N) is 1. The van der Waals surface area contributed by atoms with Gasteiger partial charge in [-0.3, -0.25) is 10.6 Å².